The molecule has 1 heterocycles. The molecule has 0 fully saturated rings. The predicted molar refractivity (Wildman–Crippen MR) is 60.2 cm³/mol. The number of aryl methyl sites for hydroxylation is 1. The minimum Gasteiger partial charge on any atom is -0.352 e. The standard InChI is InChI=1S/C10H16ClN3O/c1-7(11)4-5-12-10(15)9-6-13-14(3)8(9)2/h6-7H,4-5H2,1-3H3,(H,12,15). The van der Waals surface area contributed by atoms with E-state index in [1.165, 1.54) is 0 Å². The molecule has 15 heavy (non-hydrogen) atoms. The summed E-state index contributed by atoms with van der Waals surface area (Å²) in [6, 6.07) is 0. The molecular formula is C10H16ClN3O. The van der Waals surface area contributed by atoms with Crippen LogP contribution in [0.2, 0.25) is 0 Å². The topological polar surface area (TPSA) is 46.9 Å². The highest BCUT2D eigenvalue weighted by Gasteiger charge is 2.11. The van der Waals surface area contributed by atoms with E-state index in [0.29, 0.717) is 12.1 Å². The molecule has 84 valence electrons. The van der Waals surface area contributed by atoms with Gasteiger partial charge in [0.2, 0.25) is 0 Å². The second kappa shape index (κ2) is 5.16. The van der Waals surface area contributed by atoms with Crippen LogP contribution in [0, 0.1) is 6.92 Å². The summed E-state index contributed by atoms with van der Waals surface area (Å²) >= 11 is 5.77. The van der Waals surface area contributed by atoms with Crippen molar-refractivity contribution >= 4 is 17.5 Å². The number of carbonyl (C=O) groups is 1. The Morgan fingerprint density at radius 1 is 1.73 bits per heavy atom. The van der Waals surface area contributed by atoms with Gasteiger partial charge in [0.1, 0.15) is 0 Å². The first-order valence-electron chi connectivity index (χ1n) is 4.93. The lowest BCUT2D eigenvalue weighted by atomic mass is 10.2. The van der Waals surface area contributed by atoms with Crippen molar-refractivity contribution in [2.75, 3.05) is 6.54 Å². The van der Waals surface area contributed by atoms with Crippen molar-refractivity contribution in [3.63, 3.8) is 0 Å². The predicted octanol–water partition coefficient (Wildman–Crippen LogP) is 1.48. The molecule has 0 spiro atoms. The van der Waals surface area contributed by atoms with E-state index < -0.39 is 0 Å². The van der Waals surface area contributed by atoms with Crippen molar-refractivity contribution < 1.29 is 4.79 Å². The maximum atomic E-state index is 11.7. The van der Waals surface area contributed by atoms with Crippen LogP contribution in [0.25, 0.3) is 0 Å². The quantitative estimate of drug-likeness (QED) is 0.795. The molecule has 1 rings (SSSR count). The SMILES string of the molecule is Cc1c(C(=O)NCCC(C)Cl)cnn1C. The first-order chi connectivity index (χ1) is 7.02. The largest absolute Gasteiger partial charge is 0.352 e. The molecule has 1 atom stereocenters. The van der Waals surface area contributed by atoms with E-state index >= 15 is 0 Å². The van der Waals surface area contributed by atoms with Gasteiger partial charge in [-0.15, -0.1) is 11.6 Å². The van der Waals surface area contributed by atoms with Crippen molar-refractivity contribution in [2.24, 2.45) is 7.05 Å². The molecule has 1 aromatic rings. The normalized spacial score (nSPS) is 12.5. The van der Waals surface area contributed by atoms with Gasteiger partial charge in [0, 0.05) is 24.7 Å². The van der Waals surface area contributed by atoms with E-state index in [9.17, 15) is 4.79 Å². The number of hydrogen-bond acceptors (Lipinski definition) is 2. The van der Waals surface area contributed by atoms with E-state index in [1.54, 1.807) is 10.9 Å². The molecule has 0 radical (unpaired) electrons. The first kappa shape index (κ1) is 12.0. The Morgan fingerprint density at radius 2 is 2.40 bits per heavy atom. The van der Waals surface area contributed by atoms with E-state index in [0.717, 1.165) is 12.1 Å². The van der Waals surface area contributed by atoms with E-state index in [2.05, 4.69) is 10.4 Å². The van der Waals surface area contributed by atoms with E-state index in [-0.39, 0.29) is 11.3 Å². The number of hydrogen-bond donors (Lipinski definition) is 1. The smallest absolute Gasteiger partial charge is 0.254 e. The molecule has 0 aromatic carbocycles. The number of nitrogens with one attached hydrogen (secondary N) is 1. The molecule has 0 aliphatic heterocycles. The van der Waals surface area contributed by atoms with Crippen LogP contribution in [0.15, 0.2) is 6.20 Å². The summed E-state index contributed by atoms with van der Waals surface area (Å²) in [5, 5.41) is 6.90. The zero-order valence-electron chi connectivity index (χ0n) is 9.25. The fraction of sp³-hybridized carbons (Fsp3) is 0.600. The molecule has 0 saturated carbocycles. The summed E-state index contributed by atoms with van der Waals surface area (Å²) in [5.74, 6) is -0.0853. The average molecular weight is 230 g/mol. The number of halogens is 1. The monoisotopic (exact) mass is 229 g/mol. The fourth-order valence-corrected chi connectivity index (χ4v) is 1.31. The summed E-state index contributed by atoms with van der Waals surface area (Å²) in [5.41, 5.74) is 1.49. The minimum absolute atomic E-state index is 0.0836. The third-order valence-corrected chi connectivity index (χ3v) is 2.53. The summed E-state index contributed by atoms with van der Waals surface area (Å²) in [4.78, 5) is 11.7. The third-order valence-electron chi connectivity index (χ3n) is 2.31. The van der Waals surface area contributed by atoms with Crippen LogP contribution in [0.5, 0.6) is 0 Å². The molecule has 0 bridgehead atoms. The molecule has 1 aromatic heterocycles. The van der Waals surface area contributed by atoms with E-state index in [1.807, 2.05) is 20.9 Å². The lowest BCUT2D eigenvalue weighted by Gasteiger charge is -2.05. The van der Waals surface area contributed by atoms with Crippen LogP contribution < -0.4 is 5.32 Å². The number of carbonyl (C=O) groups excluding carboxylic acids is 1. The number of alkyl halides is 1. The first-order valence-corrected chi connectivity index (χ1v) is 5.37. The third kappa shape index (κ3) is 3.23. The second-order valence-electron chi connectivity index (χ2n) is 3.59. The van der Waals surface area contributed by atoms with Crippen molar-refractivity contribution in [3.8, 4) is 0 Å². The summed E-state index contributed by atoms with van der Waals surface area (Å²) in [6.45, 7) is 4.37. The molecule has 0 saturated heterocycles. The Labute approximate surface area is 94.6 Å². The molecule has 1 unspecified atom stereocenters. The molecule has 0 aliphatic carbocycles. The van der Waals surface area contributed by atoms with Gasteiger partial charge in [0.25, 0.3) is 5.91 Å². The van der Waals surface area contributed by atoms with Gasteiger partial charge >= 0.3 is 0 Å². The zero-order chi connectivity index (χ0) is 11.4. The Bertz CT molecular complexity index is 346. The second-order valence-corrected chi connectivity index (χ2v) is 4.34. The Morgan fingerprint density at radius 3 is 2.87 bits per heavy atom. The number of nitrogens with zero attached hydrogens (tertiary/aromatic N) is 2. The van der Waals surface area contributed by atoms with Crippen molar-refractivity contribution in [3.05, 3.63) is 17.5 Å². The van der Waals surface area contributed by atoms with Gasteiger partial charge in [-0.25, -0.2) is 0 Å². The number of rotatable bonds is 4. The van der Waals surface area contributed by atoms with Gasteiger partial charge in [-0.2, -0.15) is 5.10 Å². The van der Waals surface area contributed by atoms with Crippen LogP contribution in [-0.2, 0) is 7.05 Å². The Kier molecular flexibility index (Phi) is 4.15. The van der Waals surface area contributed by atoms with Crippen LogP contribution >= 0.6 is 11.6 Å². The molecule has 1 N–H and O–H groups in total. The number of aromatic nitrogens is 2. The van der Waals surface area contributed by atoms with E-state index in [4.69, 9.17) is 11.6 Å². The number of amides is 1. The molecular weight excluding hydrogens is 214 g/mol. The highest BCUT2D eigenvalue weighted by molar-refractivity contribution is 6.20. The van der Waals surface area contributed by atoms with Gasteiger partial charge in [-0.1, -0.05) is 0 Å². The average Bonchev–Trinajstić information content (AvgIpc) is 2.47. The van der Waals surface area contributed by atoms with Crippen LogP contribution in [0.3, 0.4) is 0 Å². The van der Waals surface area contributed by atoms with Crippen molar-refractivity contribution in [1.29, 1.82) is 0 Å². The van der Waals surface area contributed by atoms with Gasteiger partial charge in [-0.05, 0) is 20.3 Å². The van der Waals surface area contributed by atoms with Gasteiger partial charge in [0.15, 0.2) is 0 Å². The van der Waals surface area contributed by atoms with Gasteiger partial charge in [-0.3, -0.25) is 9.48 Å². The van der Waals surface area contributed by atoms with Crippen LogP contribution in [0.1, 0.15) is 29.4 Å². The molecule has 5 heteroatoms. The van der Waals surface area contributed by atoms with Gasteiger partial charge in [0.05, 0.1) is 11.8 Å². The molecule has 4 nitrogen and oxygen atoms in total. The highest BCUT2D eigenvalue weighted by Crippen LogP contribution is 2.05. The molecule has 0 aliphatic rings. The highest BCUT2D eigenvalue weighted by atomic mass is 35.5. The van der Waals surface area contributed by atoms with Crippen LogP contribution in [-0.4, -0.2) is 27.6 Å². The fourth-order valence-electron chi connectivity index (χ4n) is 1.20. The lowest BCUT2D eigenvalue weighted by Crippen LogP contribution is -2.26. The van der Waals surface area contributed by atoms with Crippen molar-refractivity contribution in [2.45, 2.75) is 25.6 Å². The lowest BCUT2D eigenvalue weighted by molar-refractivity contribution is 0.0952. The summed E-state index contributed by atoms with van der Waals surface area (Å²) in [6.07, 6.45) is 2.35. The van der Waals surface area contributed by atoms with Crippen LogP contribution in [0.4, 0.5) is 0 Å². The minimum atomic E-state index is -0.0853. The maximum Gasteiger partial charge on any atom is 0.254 e. The Hall–Kier alpha value is -1.03. The summed E-state index contributed by atoms with van der Waals surface area (Å²) in [7, 11) is 1.81. The maximum absolute atomic E-state index is 11.7. The van der Waals surface area contributed by atoms with Crippen molar-refractivity contribution in [1.82, 2.24) is 15.1 Å². The molecule has 1 amide bonds. The zero-order valence-corrected chi connectivity index (χ0v) is 10.0. The Balaban J connectivity index is 2.51. The summed E-state index contributed by atoms with van der Waals surface area (Å²) < 4.78 is 1.68. The van der Waals surface area contributed by atoms with Gasteiger partial charge < -0.3 is 5.32 Å².